The molecular weight excluding hydrogens is 249 g/mol. The number of carboxylic acid groups (broad SMARTS) is 1. The van der Waals surface area contributed by atoms with Crippen molar-refractivity contribution < 1.29 is 19.1 Å². The van der Waals surface area contributed by atoms with Gasteiger partial charge in [-0.3, -0.25) is 4.79 Å². The highest BCUT2D eigenvalue weighted by Crippen LogP contribution is 2.30. The molecule has 0 bridgehead atoms. The molecule has 2 N–H and O–H groups in total. The summed E-state index contributed by atoms with van der Waals surface area (Å²) >= 11 is 5.70. The fraction of sp³-hybridized carbons (Fsp3) is 0.273. The lowest BCUT2D eigenvalue weighted by molar-refractivity contribution is -0.140. The van der Waals surface area contributed by atoms with Crippen molar-refractivity contribution in [3.05, 3.63) is 34.6 Å². The maximum atomic E-state index is 13.2. The van der Waals surface area contributed by atoms with E-state index in [2.05, 4.69) is 5.32 Å². The van der Waals surface area contributed by atoms with Gasteiger partial charge in [-0.05, 0) is 23.8 Å². The van der Waals surface area contributed by atoms with E-state index in [9.17, 15) is 14.0 Å². The Bertz CT molecular complexity index is 471. The van der Waals surface area contributed by atoms with Crippen LogP contribution in [0.1, 0.15) is 17.9 Å². The second kappa shape index (κ2) is 4.33. The van der Waals surface area contributed by atoms with Gasteiger partial charge in [-0.2, -0.15) is 0 Å². The summed E-state index contributed by atoms with van der Waals surface area (Å²) in [6.45, 7) is 0. The van der Waals surface area contributed by atoms with Crippen LogP contribution in [-0.2, 0) is 9.59 Å². The molecule has 0 aromatic heterocycles. The minimum Gasteiger partial charge on any atom is -0.480 e. The van der Waals surface area contributed by atoms with E-state index < -0.39 is 23.7 Å². The van der Waals surface area contributed by atoms with E-state index >= 15 is 0 Å². The second-order valence-electron chi connectivity index (χ2n) is 3.90. The maximum absolute atomic E-state index is 13.2. The molecule has 1 heterocycles. The molecule has 6 heteroatoms. The lowest BCUT2D eigenvalue weighted by Gasteiger charge is -2.15. The first kappa shape index (κ1) is 11.9. The number of amides is 1. The first-order valence-corrected chi connectivity index (χ1v) is 5.33. The number of aliphatic carboxylic acids is 1. The van der Waals surface area contributed by atoms with Crippen LogP contribution < -0.4 is 5.32 Å². The number of hydrogen-bond donors (Lipinski definition) is 2. The van der Waals surface area contributed by atoms with Crippen LogP contribution in [-0.4, -0.2) is 23.0 Å². The molecule has 1 aliphatic rings. The van der Waals surface area contributed by atoms with E-state index in [0.717, 1.165) is 6.07 Å². The molecule has 0 saturated carbocycles. The van der Waals surface area contributed by atoms with Gasteiger partial charge in [0.1, 0.15) is 11.9 Å². The van der Waals surface area contributed by atoms with E-state index in [1.807, 2.05) is 0 Å². The van der Waals surface area contributed by atoms with Crippen LogP contribution in [0.4, 0.5) is 4.39 Å². The third-order valence-corrected chi connectivity index (χ3v) is 2.92. The van der Waals surface area contributed by atoms with Crippen LogP contribution in [0.3, 0.4) is 0 Å². The SMILES string of the molecule is O=C1CC(c2cc(F)cc(Cl)c2)C(C(=O)O)N1. The number of carbonyl (C=O) groups is 2. The van der Waals surface area contributed by atoms with Gasteiger partial charge in [0.25, 0.3) is 0 Å². The first-order chi connectivity index (χ1) is 7.97. The summed E-state index contributed by atoms with van der Waals surface area (Å²) in [6, 6.07) is 2.78. The summed E-state index contributed by atoms with van der Waals surface area (Å²) in [5.74, 6) is -2.63. The Balaban J connectivity index is 2.37. The van der Waals surface area contributed by atoms with Gasteiger partial charge in [0, 0.05) is 17.4 Å². The highest BCUT2D eigenvalue weighted by Gasteiger charge is 2.38. The van der Waals surface area contributed by atoms with Crippen molar-refractivity contribution in [1.29, 1.82) is 0 Å². The van der Waals surface area contributed by atoms with Crippen LogP contribution in [0, 0.1) is 5.82 Å². The molecule has 2 rings (SSSR count). The van der Waals surface area contributed by atoms with Gasteiger partial charge in [0.15, 0.2) is 0 Å². The van der Waals surface area contributed by atoms with Crippen molar-refractivity contribution in [3.8, 4) is 0 Å². The second-order valence-corrected chi connectivity index (χ2v) is 4.33. The number of benzene rings is 1. The van der Waals surface area contributed by atoms with Crippen molar-refractivity contribution in [3.63, 3.8) is 0 Å². The molecule has 0 radical (unpaired) electrons. The Morgan fingerprint density at radius 2 is 2.18 bits per heavy atom. The molecule has 1 aromatic carbocycles. The molecule has 90 valence electrons. The average Bonchev–Trinajstić information content (AvgIpc) is 2.59. The predicted molar refractivity (Wildman–Crippen MR) is 58.3 cm³/mol. The minimum absolute atomic E-state index is 0.0246. The third kappa shape index (κ3) is 2.39. The molecular formula is C11H9ClFNO3. The summed E-state index contributed by atoms with van der Waals surface area (Å²) in [4.78, 5) is 22.2. The standard InChI is InChI=1S/C11H9ClFNO3/c12-6-1-5(2-7(13)3-6)8-4-9(15)14-10(8)11(16)17/h1-3,8,10H,4H2,(H,14,15)(H,16,17). The molecule has 4 nitrogen and oxygen atoms in total. The Hall–Kier alpha value is -1.62. The number of halogens is 2. The van der Waals surface area contributed by atoms with Crippen LogP contribution in [0.2, 0.25) is 5.02 Å². The van der Waals surface area contributed by atoms with Crippen molar-refractivity contribution in [2.45, 2.75) is 18.4 Å². The molecule has 1 aromatic rings. The van der Waals surface area contributed by atoms with Gasteiger partial charge >= 0.3 is 5.97 Å². The highest BCUT2D eigenvalue weighted by atomic mass is 35.5. The molecule has 1 amide bonds. The van der Waals surface area contributed by atoms with Crippen molar-refractivity contribution >= 4 is 23.5 Å². The first-order valence-electron chi connectivity index (χ1n) is 4.95. The number of carbonyl (C=O) groups excluding carboxylic acids is 1. The zero-order valence-corrected chi connectivity index (χ0v) is 9.37. The summed E-state index contributed by atoms with van der Waals surface area (Å²) in [6.07, 6.45) is 0.0246. The van der Waals surface area contributed by atoms with E-state index in [4.69, 9.17) is 16.7 Å². The van der Waals surface area contributed by atoms with Gasteiger partial charge in [-0.25, -0.2) is 9.18 Å². The lowest BCUT2D eigenvalue weighted by Crippen LogP contribution is -2.36. The summed E-state index contributed by atoms with van der Waals surface area (Å²) in [5.41, 5.74) is 0.417. The topological polar surface area (TPSA) is 66.4 Å². The molecule has 2 atom stereocenters. The number of nitrogens with one attached hydrogen (secondary N) is 1. The third-order valence-electron chi connectivity index (χ3n) is 2.70. The Morgan fingerprint density at radius 1 is 1.47 bits per heavy atom. The van der Waals surface area contributed by atoms with Crippen LogP contribution in [0.15, 0.2) is 18.2 Å². The molecule has 0 aliphatic carbocycles. The normalized spacial score (nSPS) is 23.5. The predicted octanol–water partition coefficient (Wildman–Crippen LogP) is 1.54. The molecule has 1 fully saturated rings. The number of hydrogen-bond acceptors (Lipinski definition) is 2. The number of carboxylic acids is 1. The minimum atomic E-state index is -1.14. The number of rotatable bonds is 2. The Labute approximate surface area is 101 Å². The molecule has 1 aliphatic heterocycles. The van der Waals surface area contributed by atoms with E-state index in [-0.39, 0.29) is 17.4 Å². The van der Waals surface area contributed by atoms with E-state index in [0.29, 0.717) is 5.56 Å². The zero-order valence-electron chi connectivity index (χ0n) is 8.61. The highest BCUT2D eigenvalue weighted by molar-refractivity contribution is 6.30. The Morgan fingerprint density at radius 3 is 2.76 bits per heavy atom. The van der Waals surface area contributed by atoms with Crippen LogP contribution >= 0.6 is 11.6 Å². The monoisotopic (exact) mass is 257 g/mol. The van der Waals surface area contributed by atoms with Gasteiger partial charge in [-0.15, -0.1) is 0 Å². The largest absolute Gasteiger partial charge is 0.480 e. The fourth-order valence-electron chi connectivity index (χ4n) is 1.98. The summed E-state index contributed by atoms with van der Waals surface area (Å²) in [5, 5.41) is 11.5. The lowest BCUT2D eigenvalue weighted by atomic mass is 9.92. The molecule has 2 unspecified atom stereocenters. The van der Waals surface area contributed by atoms with Gasteiger partial charge in [0.2, 0.25) is 5.91 Å². The Kier molecular flexibility index (Phi) is 3.02. The van der Waals surface area contributed by atoms with Gasteiger partial charge in [0.05, 0.1) is 0 Å². The maximum Gasteiger partial charge on any atom is 0.326 e. The van der Waals surface area contributed by atoms with E-state index in [1.54, 1.807) is 0 Å². The van der Waals surface area contributed by atoms with E-state index in [1.165, 1.54) is 12.1 Å². The smallest absolute Gasteiger partial charge is 0.326 e. The zero-order chi connectivity index (χ0) is 12.6. The van der Waals surface area contributed by atoms with Crippen LogP contribution in [0.25, 0.3) is 0 Å². The molecule has 1 saturated heterocycles. The van der Waals surface area contributed by atoms with Gasteiger partial charge < -0.3 is 10.4 Å². The van der Waals surface area contributed by atoms with Crippen molar-refractivity contribution in [2.24, 2.45) is 0 Å². The quantitative estimate of drug-likeness (QED) is 0.844. The van der Waals surface area contributed by atoms with Crippen LogP contribution in [0.5, 0.6) is 0 Å². The van der Waals surface area contributed by atoms with Gasteiger partial charge in [-0.1, -0.05) is 11.6 Å². The summed E-state index contributed by atoms with van der Waals surface area (Å²) < 4.78 is 13.2. The van der Waals surface area contributed by atoms with Crippen molar-refractivity contribution in [1.82, 2.24) is 5.32 Å². The summed E-state index contributed by atoms with van der Waals surface area (Å²) in [7, 11) is 0. The molecule has 17 heavy (non-hydrogen) atoms. The average molecular weight is 258 g/mol. The fourth-order valence-corrected chi connectivity index (χ4v) is 2.21. The van der Waals surface area contributed by atoms with Crippen molar-refractivity contribution in [2.75, 3.05) is 0 Å². The molecule has 0 spiro atoms.